The standard InChI is InChI=1S/C12H11ClFNS/c13-10-4-3-9(14)6-8(10)7-11(15)12-2-1-5-16-12/h1-6,11H,7,15H2. The molecule has 16 heavy (non-hydrogen) atoms. The van der Waals surface area contributed by atoms with Crippen LogP contribution in [0, 0.1) is 5.82 Å². The Bertz CT molecular complexity index is 470. The highest BCUT2D eigenvalue weighted by Gasteiger charge is 2.11. The summed E-state index contributed by atoms with van der Waals surface area (Å²) < 4.78 is 13.0. The minimum absolute atomic E-state index is 0.126. The van der Waals surface area contributed by atoms with Crippen molar-refractivity contribution >= 4 is 22.9 Å². The van der Waals surface area contributed by atoms with E-state index in [1.165, 1.54) is 12.1 Å². The molecule has 0 bridgehead atoms. The Hall–Kier alpha value is -0.900. The van der Waals surface area contributed by atoms with E-state index in [2.05, 4.69) is 0 Å². The molecule has 0 saturated heterocycles. The molecule has 2 rings (SSSR count). The molecular formula is C12H11ClFNS. The average Bonchev–Trinajstić information content (AvgIpc) is 2.76. The third-order valence-corrected chi connectivity index (χ3v) is 3.73. The Balaban J connectivity index is 2.17. The van der Waals surface area contributed by atoms with Gasteiger partial charge in [-0.15, -0.1) is 11.3 Å². The summed E-state index contributed by atoms with van der Waals surface area (Å²) in [5.74, 6) is -0.280. The first-order valence-corrected chi connectivity index (χ1v) is 6.15. The molecule has 2 aromatic rings. The minimum Gasteiger partial charge on any atom is -0.323 e. The van der Waals surface area contributed by atoms with Gasteiger partial charge in [0.25, 0.3) is 0 Å². The van der Waals surface area contributed by atoms with E-state index in [-0.39, 0.29) is 11.9 Å². The SMILES string of the molecule is NC(Cc1cc(F)ccc1Cl)c1cccs1. The predicted octanol–water partition coefficient (Wildman–Crippen LogP) is 3.78. The summed E-state index contributed by atoms with van der Waals surface area (Å²) in [5, 5.41) is 2.54. The number of halogens is 2. The molecule has 1 nitrogen and oxygen atoms in total. The second kappa shape index (κ2) is 4.95. The van der Waals surface area contributed by atoms with Crippen LogP contribution in [0.4, 0.5) is 4.39 Å². The Kier molecular flexibility index (Phi) is 3.59. The number of nitrogens with two attached hydrogens (primary N) is 1. The fourth-order valence-electron chi connectivity index (χ4n) is 1.54. The monoisotopic (exact) mass is 255 g/mol. The third kappa shape index (κ3) is 2.61. The normalized spacial score (nSPS) is 12.7. The summed E-state index contributed by atoms with van der Waals surface area (Å²) >= 11 is 7.58. The fraction of sp³-hybridized carbons (Fsp3) is 0.167. The zero-order valence-electron chi connectivity index (χ0n) is 8.49. The van der Waals surface area contributed by atoms with E-state index < -0.39 is 0 Å². The average molecular weight is 256 g/mol. The van der Waals surface area contributed by atoms with Crippen LogP contribution in [0.5, 0.6) is 0 Å². The van der Waals surface area contributed by atoms with E-state index in [1.54, 1.807) is 17.4 Å². The maximum Gasteiger partial charge on any atom is 0.123 e. The number of hydrogen-bond acceptors (Lipinski definition) is 2. The third-order valence-electron chi connectivity index (χ3n) is 2.36. The summed E-state index contributed by atoms with van der Waals surface area (Å²) in [7, 11) is 0. The highest BCUT2D eigenvalue weighted by Crippen LogP contribution is 2.25. The van der Waals surface area contributed by atoms with Gasteiger partial charge in [0.1, 0.15) is 5.82 Å². The molecule has 4 heteroatoms. The highest BCUT2D eigenvalue weighted by molar-refractivity contribution is 7.10. The molecule has 1 heterocycles. The van der Waals surface area contributed by atoms with Gasteiger partial charge in [-0.05, 0) is 41.6 Å². The zero-order valence-corrected chi connectivity index (χ0v) is 10.1. The van der Waals surface area contributed by atoms with Gasteiger partial charge in [0.05, 0.1) is 0 Å². The van der Waals surface area contributed by atoms with E-state index in [0.29, 0.717) is 11.4 Å². The van der Waals surface area contributed by atoms with Crippen LogP contribution < -0.4 is 5.73 Å². The lowest BCUT2D eigenvalue weighted by Gasteiger charge is -2.10. The van der Waals surface area contributed by atoms with Crippen LogP contribution in [-0.2, 0) is 6.42 Å². The van der Waals surface area contributed by atoms with Gasteiger partial charge in [0.15, 0.2) is 0 Å². The molecule has 0 aliphatic carbocycles. The molecule has 0 spiro atoms. The maximum atomic E-state index is 13.0. The van der Waals surface area contributed by atoms with Crippen molar-refractivity contribution in [2.24, 2.45) is 5.73 Å². The van der Waals surface area contributed by atoms with E-state index in [1.807, 2.05) is 17.5 Å². The molecular weight excluding hydrogens is 245 g/mol. The van der Waals surface area contributed by atoms with Crippen molar-refractivity contribution in [2.75, 3.05) is 0 Å². The van der Waals surface area contributed by atoms with Crippen molar-refractivity contribution in [3.05, 3.63) is 57.0 Å². The van der Waals surface area contributed by atoms with Crippen molar-refractivity contribution in [2.45, 2.75) is 12.5 Å². The van der Waals surface area contributed by atoms with Gasteiger partial charge in [-0.2, -0.15) is 0 Å². The van der Waals surface area contributed by atoms with Crippen LogP contribution in [0.1, 0.15) is 16.5 Å². The second-order valence-corrected chi connectivity index (χ2v) is 4.95. The van der Waals surface area contributed by atoms with Crippen LogP contribution in [0.25, 0.3) is 0 Å². The number of hydrogen-bond donors (Lipinski definition) is 1. The minimum atomic E-state index is -0.280. The lowest BCUT2D eigenvalue weighted by atomic mass is 10.1. The van der Waals surface area contributed by atoms with Crippen LogP contribution >= 0.6 is 22.9 Å². The van der Waals surface area contributed by atoms with Crippen molar-refractivity contribution in [3.63, 3.8) is 0 Å². The predicted molar refractivity (Wildman–Crippen MR) is 66.4 cm³/mol. The van der Waals surface area contributed by atoms with Gasteiger partial charge in [-0.3, -0.25) is 0 Å². The maximum absolute atomic E-state index is 13.0. The first kappa shape index (κ1) is 11.6. The van der Waals surface area contributed by atoms with Crippen molar-refractivity contribution in [3.8, 4) is 0 Å². The zero-order chi connectivity index (χ0) is 11.5. The molecule has 0 aliphatic rings. The van der Waals surface area contributed by atoms with Crippen LogP contribution in [0.3, 0.4) is 0 Å². The van der Waals surface area contributed by atoms with Crippen molar-refractivity contribution < 1.29 is 4.39 Å². The fourth-order valence-corrected chi connectivity index (χ4v) is 2.46. The molecule has 0 saturated carbocycles. The first-order chi connectivity index (χ1) is 7.66. The number of rotatable bonds is 3. The van der Waals surface area contributed by atoms with Crippen LogP contribution in [0.2, 0.25) is 5.02 Å². The van der Waals surface area contributed by atoms with Gasteiger partial charge >= 0.3 is 0 Å². The van der Waals surface area contributed by atoms with E-state index in [0.717, 1.165) is 10.4 Å². The van der Waals surface area contributed by atoms with Gasteiger partial charge < -0.3 is 5.73 Å². The van der Waals surface area contributed by atoms with Crippen LogP contribution in [0.15, 0.2) is 35.7 Å². The molecule has 0 radical (unpaired) electrons. The van der Waals surface area contributed by atoms with Gasteiger partial charge in [-0.1, -0.05) is 17.7 Å². The molecule has 0 amide bonds. The second-order valence-electron chi connectivity index (χ2n) is 3.56. The van der Waals surface area contributed by atoms with E-state index >= 15 is 0 Å². The van der Waals surface area contributed by atoms with E-state index in [9.17, 15) is 4.39 Å². The molecule has 84 valence electrons. The molecule has 2 N–H and O–H groups in total. The summed E-state index contributed by atoms with van der Waals surface area (Å²) in [6, 6.07) is 8.15. The van der Waals surface area contributed by atoms with Gasteiger partial charge in [0, 0.05) is 15.9 Å². The lowest BCUT2D eigenvalue weighted by Crippen LogP contribution is -2.12. The molecule has 0 fully saturated rings. The molecule has 1 aromatic carbocycles. The molecule has 0 aliphatic heterocycles. The van der Waals surface area contributed by atoms with Gasteiger partial charge in [-0.25, -0.2) is 4.39 Å². The summed E-state index contributed by atoms with van der Waals surface area (Å²) in [5.41, 5.74) is 6.77. The first-order valence-electron chi connectivity index (χ1n) is 4.89. The lowest BCUT2D eigenvalue weighted by molar-refractivity contribution is 0.622. The molecule has 1 atom stereocenters. The quantitative estimate of drug-likeness (QED) is 0.887. The van der Waals surface area contributed by atoms with E-state index in [4.69, 9.17) is 17.3 Å². The Morgan fingerprint density at radius 3 is 2.88 bits per heavy atom. The Morgan fingerprint density at radius 2 is 2.19 bits per heavy atom. The van der Waals surface area contributed by atoms with Crippen molar-refractivity contribution in [1.82, 2.24) is 0 Å². The molecule has 1 aromatic heterocycles. The number of benzene rings is 1. The summed E-state index contributed by atoms with van der Waals surface area (Å²) in [4.78, 5) is 1.08. The Morgan fingerprint density at radius 1 is 1.38 bits per heavy atom. The summed E-state index contributed by atoms with van der Waals surface area (Å²) in [6.07, 6.45) is 0.553. The van der Waals surface area contributed by atoms with Crippen LogP contribution in [-0.4, -0.2) is 0 Å². The Labute approximate surface area is 103 Å². The highest BCUT2D eigenvalue weighted by atomic mass is 35.5. The topological polar surface area (TPSA) is 26.0 Å². The summed E-state index contributed by atoms with van der Waals surface area (Å²) in [6.45, 7) is 0. The largest absolute Gasteiger partial charge is 0.323 e. The smallest absolute Gasteiger partial charge is 0.123 e. The number of thiophene rings is 1. The molecule has 1 unspecified atom stereocenters. The van der Waals surface area contributed by atoms with Gasteiger partial charge in [0.2, 0.25) is 0 Å². The van der Waals surface area contributed by atoms with Crippen molar-refractivity contribution in [1.29, 1.82) is 0 Å².